The summed E-state index contributed by atoms with van der Waals surface area (Å²) in [6, 6.07) is 0.208. The summed E-state index contributed by atoms with van der Waals surface area (Å²) in [4.78, 5) is 1.23. The fraction of sp³-hybridized carbons (Fsp3) is 0.667. The summed E-state index contributed by atoms with van der Waals surface area (Å²) >= 11 is 1.44. The van der Waals surface area contributed by atoms with Crippen LogP contribution in [0.25, 0.3) is 0 Å². The second kappa shape index (κ2) is 5.28. The lowest BCUT2D eigenvalue weighted by molar-refractivity contribution is 0.403. The lowest BCUT2D eigenvalue weighted by Gasteiger charge is -2.22. The summed E-state index contributed by atoms with van der Waals surface area (Å²) in [5.74, 6) is 0. The Balaban J connectivity index is 2.42. The van der Waals surface area contributed by atoms with Gasteiger partial charge in [-0.1, -0.05) is 6.92 Å². The number of hydrogen-bond acceptors (Lipinski definition) is 4. The molecular weight excluding hydrogens is 268 g/mol. The van der Waals surface area contributed by atoms with Gasteiger partial charge in [-0.25, -0.2) is 8.42 Å². The molecule has 1 aliphatic rings. The molecule has 0 unspecified atom stereocenters. The molecule has 102 valence electrons. The highest BCUT2D eigenvalue weighted by molar-refractivity contribution is 7.89. The molecule has 1 aromatic rings. The first-order chi connectivity index (χ1) is 8.52. The molecule has 0 aliphatic heterocycles. The van der Waals surface area contributed by atoms with Gasteiger partial charge in [-0.3, -0.25) is 0 Å². The molecule has 0 amide bonds. The van der Waals surface area contributed by atoms with Gasteiger partial charge in [0.1, 0.15) is 4.90 Å². The molecule has 4 nitrogen and oxygen atoms in total. The van der Waals surface area contributed by atoms with Gasteiger partial charge < -0.3 is 5.73 Å². The van der Waals surface area contributed by atoms with Gasteiger partial charge in [0.2, 0.25) is 10.0 Å². The normalized spacial score (nSPS) is 16.4. The van der Waals surface area contributed by atoms with Crippen LogP contribution in [-0.4, -0.2) is 25.3 Å². The second-order valence-corrected chi connectivity index (χ2v) is 7.51. The predicted octanol–water partition coefficient (Wildman–Crippen LogP) is 2.08. The van der Waals surface area contributed by atoms with E-state index in [0.717, 1.165) is 29.7 Å². The van der Waals surface area contributed by atoms with E-state index in [-0.39, 0.29) is 12.6 Å². The van der Waals surface area contributed by atoms with Crippen molar-refractivity contribution in [1.29, 1.82) is 0 Å². The Labute approximate surface area is 113 Å². The van der Waals surface area contributed by atoms with Crippen LogP contribution in [0.5, 0.6) is 0 Å². The van der Waals surface area contributed by atoms with E-state index in [1.807, 2.05) is 19.2 Å². The van der Waals surface area contributed by atoms with Crippen molar-refractivity contribution in [2.24, 2.45) is 5.73 Å². The third kappa shape index (κ3) is 2.47. The van der Waals surface area contributed by atoms with Crippen molar-refractivity contribution >= 4 is 21.4 Å². The topological polar surface area (TPSA) is 63.4 Å². The molecule has 1 heterocycles. The van der Waals surface area contributed by atoms with Gasteiger partial charge in [-0.05, 0) is 37.1 Å². The van der Waals surface area contributed by atoms with Crippen LogP contribution in [0.15, 0.2) is 10.3 Å². The largest absolute Gasteiger partial charge is 0.326 e. The van der Waals surface area contributed by atoms with Gasteiger partial charge in [0.15, 0.2) is 0 Å². The Morgan fingerprint density at radius 3 is 2.67 bits per heavy atom. The number of nitrogens with zero attached hydrogens (tertiary/aromatic N) is 1. The van der Waals surface area contributed by atoms with Crippen molar-refractivity contribution in [1.82, 2.24) is 4.31 Å². The van der Waals surface area contributed by atoms with E-state index in [1.54, 1.807) is 4.31 Å². The summed E-state index contributed by atoms with van der Waals surface area (Å²) in [5, 5.41) is 1.88. The molecule has 6 heteroatoms. The van der Waals surface area contributed by atoms with E-state index >= 15 is 0 Å². The number of thiophene rings is 1. The molecule has 0 radical (unpaired) electrons. The van der Waals surface area contributed by atoms with Crippen molar-refractivity contribution in [2.75, 3.05) is 6.54 Å². The molecule has 0 aromatic carbocycles. The van der Waals surface area contributed by atoms with E-state index in [0.29, 0.717) is 11.4 Å². The van der Waals surface area contributed by atoms with Crippen LogP contribution in [0, 0.1) is 6.92 Å². The van der Waals surface area contributed by atoms with Gasteiger partial charge in [0, 0.05) is 24.0 Å². The Hall–Kier alpha value is -0.430. The maximum absolute atomic E-state index is 12.7. The monoisotopic (exact) mass is 288 g/mol. The standard InChI is InChI=1S/C12H20N2O2S2/c1-3-6-14(10-4-5-10)18(15,16)12-9(2)8-17-11(12)7-13/h8,10H,3-7,13H2,1-2H3. The molecule has 0 bridgehead atoms. The van der Waals surface area contributed by atoms with E-state index in [9.17, 15) is 8.42 Å². The highest BCUT2D eigenvalue weighted by Gasteiger charge is 2.39. The van der Waals surface area contributed by atoms with Crippen molar-refractivity contribution in [3.8, 4) is 0 Å². The number of hydrogen-bond donors (Lipinski definition) is 1. The van der Waals surface area contributed by atoms with Crippen molar-refractivity contribution in [2.45, 2.75) is 50.6 Å². The molecule has 18 heavy (non-hydrogen) atoms. The highest BCUT2D eigenvalue weighted by atomic mass is 32.2. The number of rotatable bonds is 6. The Kier molecular flexibility index (Phi) is 4.11. The van der Waals surface area contributed by atoms with Crippen molar-refractivity contribution < 1.29 is 8.42 Å². The van der Waals surface area contributed by atoms with Gasteiger partial charge in [0.25, 0.3) is 0 Å². The van der Waals surface area contributed by atoms with Crippen LogP contribution in [0.4, 0.5) is 0 Å². The smallest absolute Gasteiger partial charge is 0.244 e. The lowest BCUT2D eigenvalue weighted by atomic mass is 10.3. The number of aryl methyl sites for hydroxylation is 1. The maximum atomic E-state index is 12.7. The third-order valence-corrected chi connectivity index (χ3v) is 6.58. The number of sulfonamides is 1. The summed E-state index contributed by atoms with van der Waals surface area (Å²) in [6.45, 7) is 4.75. The predicted molar refractivity (Wildman–Crippen MR) is 74.2 cm³/mol. The molecular formula is C12H20N2O2S2. The minimum Gasteiger partial charge on any atom is -0.326 e. The third-order valence-electron chi connectivity index (χ3n) is 3.14. The van der Waals surface area contributed by atoms with E-state index in [1.165, 1.54) is 11.3 Å². The zero-order valence-corrected chi connectivity index (χ0v) is 12.5. The van der Waals surface area contributed by atoms with Crippen molar-refractivity contribution in [3.05, 3.63) is 15.8 Å². The first-order valence-corrected chi connectivity index (χ1v) is 8.63. The molecule has 2 rings (SSSR count). The highest BCUT2D eigenvalue weighted by Crippen LogP contribution is 2.36. The molecule has 0 spiro atoms. The fourth-order valence-corrected chi connectivity index (χ4v) is 5.61. The van der Waals surface area contributed by atoms with Gasteiger partial charge >= 0.3 is 0 Å². The van der Waals surface area contributed by atoms with Crippen LogP contribution in [0.2, 0.25) is 0 Å². The van der Waals surface area contributed by atoms with Crippen LogP contribution in [0.3, 0.4) is 0 Å². The summed E-state index contributed by atoms with van der Waals surface area (Å²) in [5.41, 5.74) is 6.48. The lowest BCUT2D eigenvalue weighted by Crippen LogP contribution is -2.34. The minimum absolute atomic E-state index is 0.208. The molecule has 1 fully saturated rings. The van der Waals surface area contributed by atoms with E-state index < -0.39 is 10.0 Å². The zero-order valence-electron chi connectivity index (χ0n) is 10.8. The molecule has 0 atom stereocenters. The first kappa shape index (κ1) is 14.0. The summed E-state index contributed by atoms with van der Waals surface area (Å²) in [7, 11) is -3.37. The average Bonchev–Trinajstić information content (AvgIpc) is 3.08. The molecule has 1 aliphatic carbocycles. The second-order valence-electron chi connectivity index (χ2n) is 4.72. The van der Waals surface area contributed by atoms with E-state index in [2.05, 4.69) is 0 Å². The van der Waals surface area contributed by atoms with E-state index in [4.69, 9.17) is 5.73 Å². The Morgan fingerprint density at radius 1 is 1.50 bits per heavy atom. The molecule has 1 aromatic heterocycles. The van der Waals surface area contributed by atoms with Crippen LogP contribution >= 0.6 is 11.3 Å². The van der Waals surface area contributed by atoms with Crippen LogP contribution < -0.4 is 5.73 Å². The number of nitrogens with two attached hydrogens (primary N) is 1. The summed E-state index contributed by atoms with van der Waals surface area (Å²) in [6.07, 6.45) is 2.82. The van der Waals surface area contributed by atoms with Gasteiger partial charge in [-0.2, -0.15) is 4.31 Å². The fourth-order valence-electron chi connectivity index (χ4n) is 2.17. The van der Waals surface area contributed by atoms with Gasteiger partial charge in [0.05, 0.1) is 0 Å². The average molecular weight is 288 g/mol. The van der Waals surface area contributed by atoms with Gasteiger partial charge in [-0.15, -0.1) is 11.3 Å². The van der Waals surface area contributed by atoms with Crippen molar-refractivity contribution in [3.63, 3.8) is 0 Å². The van der Waals surface area contributed by atoms with Crippen LogP contribution in [-0.2, 0) is 16.6 Å². The summed E-state index contributed by atoms with van der Waals surface area (Å²) < 4.78 is 27.2. The maximum Gasteiger partial charge on any atom is 0.244 e. The minimum atomic E-state index is -3.37. The van der Waals surface area contributed by atoms with Crippen LogP contribution in [0.1, 0.15) is 36.6 Å². The SMILES string of the molecule is CCCN(C1CC1)S(=O)(=O)c1c(C)csc1CN. The Bertz CT molecular complexity index is 518. The molecule has 1 saturated carbocycles. The first-order valence-electron chi connectivity index (χ1n) is 6.31. The zero-order chi connectivity index (χ0) is 13.3. The quantitative estimate of drug-likeness (QED) is 0.871. The Morgan fingerprint density at radius 2 is 2.17 bits per heavy atom. The molecule has 0 saturated heterocycles. The molecule has 2 N–H and O–H groups in total.